The van der Waals surface area contributed by atoms with E-state index in [1.165, 1.54) is 6.20 Å². The third-order valence-corrected chi connectivity index (χ3v) is 2.14. The van der Waals surface area contributed by atoms with Crippen LogP contribution in [0.5, 0.6) is 0 Å². The van der Waals surface area contributed by atoms with E-state index in [1.54, 1.807) is 18.3 Å². The van der Waals surface area contributed by atoms with Crippen LogP contribution in [0, 0.1) is 0 Å². The van der Waals surface area contributed by atoms with E-state index in [0.29, 0.717) is 5.56 Å². The molecule has 2 rings (SSSR count). The van der Waals surface area contributed by atoms with Gasteiger partial charge in [-0.3, -0.25) is 14.8 Å². The van der Waals surface area contributed by atoms with Crippen molar-refractivity contribution in [2.75, 3.05) is 0 Å². The third kappa shape index (κ3) is 2.19. The van der Waals surface area contributed by atoms with Crippen molar-refractivity contribution in [3.8, 4) is 11.4 Å². The fourth-order valence-corrected chi connectivity index (χ4v) is 1.29. The van der Waals surface area contributed by atoms with Gasteiger partial charge in [0, 0.05) is 12.4 Å². The normalized spacial score (nSPS) is 9.93. The van der Waals surface area contributed by atoms with Crippen LogP contribution in [0.4, 0.5) is 0 Å². The topological polar surface area (TPSA) is 42.9 Å². The smallest absolute Gasteiger partial charge is 0.253 e. The highest BCUT2D eigenvalue weighted by atomic mass is 35.5. The Labute approximate surface area is 91.8 Å². The highest BCUT2D eigenvalue weighted by Crippen LogP contribution is 2.14. The van der Waals surface area contributed by atoms with E-state index in [4.69, 9.17) is 11.6 Å². The lowest BCUT2D eigenvalue weighted by molar-refractivity contribution is 0.108. The predicted octanol–water partition coefficient (Wildman–Crippen LogP) is 2.52. The summed E-state index contributed by atoms with van der Waals surface area (Å²) < 4.78 is 0. The van der Waals surface area contributed by atoms with Crippen molar-refractivity contribution in [2.45, 2.75) is 0 Å². The predicted molar refractivity (Wildman–Crippen MR) is 57.7 cm³/mol. The zero-order chi connectivity index (χ0) is 10.7. The number of pyridine rings is 2. The molecule has 0 bridgehead atoms. The molecular weight excluding hydrogens is 212 g/mol. The molecule has 2 aromatic heterocycles. The summed E-state index contributed by atoms with van der Waals surface area (Å²) in [6.45, 7) is 0. The number of aromatic nitrogens is 2. The first kappa shape index (κ1) is 9.80. The van der Waals surface area contributed by atoms with E-state index >= 15 is 0 Å². The Morgan fingerprint density at radius 2 is 1.87 bits per heavy atom. The average molecular weight is 219 g/mol. The monoisotopic (exact) mass is 218 g/mol. The Kier molecular flexibility index (Phi) is 2.74. The van der Waals surface area contributed by atoms with E-state index in [0.717, 1.165) is 11.4 Å². The second kappa shape index (κ2) is 4.19. The molecule has 0 N–H and O–H groups in total. The maximum atomic E-state index is 10.8. The molecule has 0 unspecified atom stereocenters. The van der Waals surface area contributed by atoms with Crippen LogP contribution in [0.3, 0.4) is 0 Å². The molecule has 0 radical (unpaired) electrons. The van der Waals surface area contributed by atoms with Gasteiger partial charge < -0.3 is 0 Å². The SMILES string of the molecule is O=C(Cl)c1ccc(-c2ccccn2)nc1. The summed E-state index contributed by atoms with van der Waals surface area (Å²) in [6.07, 6.45) is 3.14. The minimum absolute atomic E-state index is 0.386. The first-order chi connectivity index (χ1) is 7.27. The maximum Gasteiger partial charge on any atom is 0.253 e. The van der Waals surface area contributed by atoms with E-state index in [2.05, 4.69) is 9.97 Å². The van der Waals surface area contributed by atoms with Gasteiger partial charge in [0.15, 0.2) is 0 Å². The van der Waals surface area contributed by atoms with E-state index in [-0.39, 0.29) is 0 Å². The molecule has 0 aliphatic rings. The van der Waals surface area contributed by atoms with E-state index < -0.39 is 5.24 Å². The van der Waals surface area contributed by atoms with E-state index in [9.17, 15) is 4.79 Å². The highest BCUT2D eigenvalue weighted by Gasteiger charge is 2.03. The molecule has 2 heterocycles. The quantitative estimate of drug-likeness (QED) is 0.728. The van der Waals surface area contributed by atoms with E-state index in [1.807, 2.05) is 18.2 Å². The molecule has 0 saturated heterocycles. The fourth-order valence-electron chi connectivity index (χ4n) is 1.18. The number of rotatable bonds is 2. The summed E-state index contributed by atoms with van der Waals surface area (Å²) in [7, 11) is 0. The van der Waals surface area contributed by atoms with Crippen molar-refractivity contribution in [3.05, 3.63) is 48.3 Å². The second-order valence-corrected chi connectivity index (χ2v) is 3.26. The Balaban J connectivity index is 2.36. The molecule has 0 aromatic carbocycles. The van der Waals surface area contributed by atoms with Gasteiger partial charge in [-0.2, -0.15) is 0 Å². The van der Waals surface area contributed by atoms with Crippen molar-refractivity contribution in [1.82, 2.24) is 9.97 Å². The van der Waals surface area contributed by atoms with Gasteiger partial charge in [0.05, 0.1) is 17.0 Å². The summed E-state index contributed by atoms with van der Waals surface area (Å²) in [6, 6.07) is 8.92. The highest BCUT2D eigenvalue weighted by molar-refractivity contribution is 6.67. The van der Waals surface area contributed by atoms with Crippen molar-refractivity contribution in [1.29, 1.82) is 0 Å². The Morgan fingerprint density at radius 1 is 1.07 bits per heavy atom. The molecule has 3 nitrogen and oxygen atoms in total. The van der Waals surface area contributed by atoms with Gasteiger partial charge in [0.1, 0.15) is 0 Å². The van der Waals surface area contributed by atoms with Crippen LogP contribution in [0.2, 0.25) is 0 Å². The van der Waals surface area contributed by atoms with Gasteiger partial charge in [-0.1, -0.05) is 6.07 Å². The summed E-state index contributed by atoms with van der Waals surface area (Å²) in [5.41, 5.74) is 1.87. The minimum atomic E-state index is -0.505. The Hall–Kier alpha value is -1.74. The fraction of sp³-hybridized carbons (Fsp3) is 0. The molecule has 15 heavy (non-hydrogen) atoms. The van der Waals surface area contributed by atoms with Crippen LogP contribution in [0.15, 0.2) is 42.7 Å². The first-order valence-electron chi connectivity index (χ1n) is 4.34. The van der Waals surface area contributed by atoms with Crippen LogP contribution in [-0.4, -0.2) is 15.2 Å². The molecule has 0 aliphatic carbocycles. The molecule has 4 heteroatoms. The zero-order valence-electron chi connectivity index (χ0n) is 7.72. The number of hydrogen-bond donors (Lipinski definition) is 0. The molecular formula is C11H7ClN2O. The van der Waals surface area contributed by atoms with Gasteiger partial charge in [-0.15, -0.1) is 0 Å². The molecule has 0 spiro atoms. The van der Waals surface area contributed by atoms with Crippen LogP contribution in [0.25, 0.3) is 11.4 Å². The lowest BCUT2D eigenvalue weighted by atomic mass is 10.2. The van der Waals surface area contributed by atoms with Gasteiger partial charge in [-0.25, -0.2) is 0 Å². The second-order valence-electron chi connectivity index (χ2n) is 2.92. The summed E-state index contributed by atoms with van der Waals surface area (Å²) >= 11 is 5.31. The summed E-state index contributed by atoms with van der Waals surface area (Å²) in [4.78, 5) is 19.0. The van der Waals surface area contributed by atoms with Crippen molar-refractivity contribution in [2.24, 2.45) is 0 Å². The number of carbonyl (C=O) groups is 1. The molecule has 0 atom stereocenters. The average Bonchev–Trinajstić information content (AvgIpc) is 2.30. The van der Waals surface area contributed by atoms with Crippen LogP contribution in [-0.2, 0) is 0 Å². The van der Waals surface area contributed by atoms with Crippen LogP contribution in [0.1, 0.15) is 10.4 Å². The van der Waals surface area contributed by atoms with Gasteiger partial charge in [-0.05, 0) is 35.9 Å². The molecule has 0 saturated carbocycles. The van der Waals surface area contributed by atoms with Crippen LogP contribution >= 0.6 is 11.6 Å². The zero-order valence-corrected chi connectivity index (χ0v) is 8.48. The first-order valence-corrected chi connectivity index (χ1v) is 4.72. The standard InChI is InChI=1S/C11H7ClN2O/c12-11(15)8-4-5-10(14-7-8)9-3-1-2-6-13-9/h1-7H. The molecule has 0 amide bonds. The Morgan fingerprint density at radius 3 is 2.40 bits per heavy atom. The summed E-state index contributed by atoms with van der Waals surface area (Å²) in [5, 5.41) is -0.505. The van der Waals surface area contributed by atoms with Crippen molar-refractivity contribution in [3.63, 3.8) is 0 Å². The number of halogens is 1. The lowest BCUT2D eigenvalue weighted by Gasteiger charge is -1.99. The third-order valence-electron chi connectivity index (χ3n) is 1.92. The maximum absolute atomic E-state index is 10.8. The number of carbonyl (C=O) groups excluding carboxylic acids is 1. The van der Waals surface area contributed by atoms with Gasteiger partial charge >= 0.3 is 0 Å². The number of nitrogens with zero attached hydrogens (tertiary/aromatic N) is 2. The Bertz CT molecular complexity index is 468. The van der Waals surface area contributed by atoms with Gasteiger partial charge in [0.2, 0.25) is 0 Å². The molecule has 0 aliphatic heterocycles. The van der Waals surface area contributed by atoms with Gasteiger partial charge in [0.25, 0.3) is 5.24 Å². The van der Waals surface area contributed by atoms with Crippen LogP contribution < -0.4 is 0 Å². The molecule has 74 valence electrons. The van der Waals surface area contributed by atoms with Crippen molar-refractivity contribution >= 4 is 16.8 Å². The summed E-state index contributed by atoms with van der Waals surface area (Å²) in [5.74, 6) is 0. The van der Waals surface area contributed by atoms with Crippen molar-refractivity contribution < 1.29 is 4.79 Å². The molecule has 0 fully saturated rings. The minimum Gasteiger partial charge on any atom is -0.276 e. The molecule has 2 aromatic rings. The number of hydrogen-bond acceptors (Lipinski definition) is 3. The largest absolute Gasteiger partial charge is 0.276 e. The lowest BCUT2D eigenvalue weighted by Crippen LogP contribution is -1.92.